The van der Waals surface area contributed by atoms with Crippen molar-refractivity contribution in [2.75, 3.05) is 31.6 Å². The van der Waals surface area contributed by atoms with Gasteiger partial charge in [0.25, 0.3) is 0 Å². The van der Waals surface area contributed by atoms with Gasteiger partial charge in [0.15, 0.2) is 0 Å². The van der Waals surface area contributed by atoms with Crippen LogP contribution in [0, 0.1) is 6.92 Å². The Morgan fingerprint density at radius 3 is 2.95 bits per heavy atom. The summed E-state index contributed by atoms with van der Waals surface area (Å²) in [5.74, 6) is -1.24. The summed E-state index contributed by atoms with van der Waals surface area (Å²) in [6.07, 6.45) is 0. The number of hydrogen-bond donors (Lipinski definition) is 2. The van der Waals surface area contributed by atoms with Crippen molar-refractivity contribution in [3.05, 3.63) is 28.8 Å². The molecule has 0 aliphatic carbocycles. The number of amides is 1. The van der Waals surface area contributed by atoms with Gasteiger partial charge in [0, 0.05) is 17.3 Å². The monoisotopic (exact) mass is 312 g/mol. The number of hydrogen-bond acceptors (Lipinski definition) is 4. The number of carbonyl (C=O) groups is 2. The molecule has 0 aromatic heterocycles. The fourth-order valence-corrected chi connectivity index (χ4v) is 2.42. The molecule has 1 saturated heterocycles. The molecule has 7 heteroatoms. The minimum atomic E-state index is -0.981. The third-order valence-corrected chi connectivity index (χ3v) is 3.57. The number of carboxylic acids is 1. The first-order valence-electron chi connectivity index (χ1n) is 6.58. The Morgan fingerprint density at radius 1 is 1.52 bits per heavy atom. The summed E-state index contributed by atoms with van der Waals surface area (Å²) in [5.41, 5.74) is 1.53. The highest BCUT2D eigenvalue weighted by molar-refractivity contribution is 6.30. The number of carboxylic acid groups (broad SMARTS) is 1. The van der Waals surface area contributed by atoms with E-state index in [0.717, 1.165) is 5.56 Å². The molecule has 6 nitrogen and oxygen atoms in total. The SMILES string of the molecule is Cc1cc(Cl)ccc1NC(=O)CN1CCOCC1C(=O)O. The van der Waals surface area contributed by atoms with E-state index in [-0.39, 0.29) is 19.1 Å². The lowest BCUT2D eigenvalue weighted by atomic mass is 10.2. The molecule has 0 spiro atoms. The maximum absolute atomic E-state index is 12.1. The number of nitrogens with zero attached hydrogens (tertiary/aromatic N) is 1. The zero-order valence-corrected chi connectivity index (χ0v) is 12.4. The average Bonchev–Trinajstić information content (AvgIpc) is 2.42. The summed E-state index contributed by atoms with van der Waals surface area (Å²) < 4.78 is 5.14. The number of rotatable bonds is 4. The third kappa shape index (κ3) is 4.17. The van der Waals surface area contributed by atoms with Gasteiger partial charge in [-0.25, -0.2) is 0 Å². The van der Waals surface area contributed by atoms with Crippen LogP contribution in [0.2, 0.25) is 5.02 Å². The van der Waals surface area contributed by atoms with Crippen LogP contribution in [0.25, 0.3) is 0 Å². The smallest absolute Gasteiger partial charge is 0.323 e. The first-order chi connectivity index (χ1) is 9.97. The fraction of sp³-hybridized carbons (Fsp3) is 0.429. The lowest BCUT2D eigenvalue weighted by Gasteiger charge is -2.32. The molecule has 1 aliphatic rings. The zero-order chi connectivity index (χ0) is 15.4. The molecule has 1 amide bonds. The normalized spacial score (nSPS) is 19.2. The summed E-state index contributed by atoms with van der Waals surface area (Å²) >= 11 is 5.86. The fourth-order valence-electron chi connectivity index (χ4n) is 2.20. The molecule has 1 fully saturated rings. The van der Waals surface area contributed by atoms with Gasteiger partial charge in [0.1, 0.15) is 6.04 Å². The molecule has 0 saturated carbocycles. The van der Waals surface area contributed by atoms with E-state index < -0.39 is 12.0 Å². The van der Waals surface area contributed by atoms with Gasteiger partial charge in [-0.3, -0.25) is 14.5 Å². The van der Waals surface area contributed by atoms with E-state index in [0.29, 0.717) is 23.9 Å². The Hall–Kier alpha value is -1.63. The standard InChI is InChI=1S/C14H17ClN2O4/c1-9-6-10(15)2-3-11(9)16-13(18)7-17-4-5-21-8-12(17)14(19)20/h2-3,6,12H,4-5,7-8H2,1H3,(H,16,18)(H,19,20). The second-order valence-corrected chi connectivity index (χ2v) is 5.34. The molecule has 0 radical (unpaired) electrons. The number of anilines is 1. The molecule has 21 heavy (non-hydrogen) atoms. The molecule has 2 rings (SSSR count). The van der Waals surface area contributed by atoms with Crippen molar-refractivity contribution in [2.45, 2.75) is 13.0 Å². The van der Waals surface area contributed by atoms with E-state index in [9.17, 15) is 9.59 Å². The van der Waals surface area contributed by atoms with Crippen molar-refractivity contribution in [3.63, 3.8) is 0 Å². The predicted molar refractivity (Wildman–Crippen MR) is 78.6 cm³/mol. The van der Waals surface area contributed by atoms with E-state index in [2.05, 4.69) is 5.32 Å². The summed E-state index contributed by atoms with van der Waals surface area (Å²) in [7, 11) is 0. The summed E-state index contributed by atoms with van der Waals surface area (Å²) in [6.45, 7) is 2.81. The van der Waals surface area contributed by atoms with Crippen LogP contribution in [-0.2, 0) is 14.3 Å². The first kappa shape index (κ1) is 15.8. The summed E-state index contributed by atoms with van der Waals surface area (Å²) in [5, 5.41) is 12.5. The molecule has 1 atom stereocenters. The number of ether oxygens (including phenoxy) is 1. The van der Waals surface area contributed by atoms with Crippen LogP contribution in [-0.4, -0.2) is 54.2 Å². The van der Waals surface area contributed by atoms with Crippen LogP contribution in [0.5, 0.6) is 0 Å². The zero-order valence-electron chi connectivity index (χ0n) is 11.6. The van der Waals surface area contributed by atoms with Gasteiger partial charge in [0.05, 0.1) is 19.8 Å². The molecular formula is C14H17ClN2O4. The first-order valence-corrected chi connectivity index (χ1v) is 6.96. The van der Waals surface area contributed by atoms with Crippen LogP contribution in [0.15, 0.2) is 18.2 Å². The largest absolute Gasteiger partial charge is 0.480 e. The molecule has 2 N–H and O–H groups in total. The Balaban J connectivity index is 1.98. The topological polar surface area (TPSA) is 78.9 Å². The van der Waals surface area contributed by atoms with E-state index in [4.69, 9.17) is 21.4 Å². The molecule has 114 valence electrons. The highest BCUT2D eigenvalue weighted by Gasteiger charge is 2.30. The van der Waals surface area contributed by atoms with E-state index in [1.807, 2.05) is 6.92 Å². The summed E-state index contributed by atoms with van der Waals surface area (Å²) in [4.78, 5) is 24.8. The van der Waals surface area contributed by atoms with Gasteiger partial charge < -0.3 is 15.2 Å². The van der Waals surface area contributed by atoms with Crippen LogP contribution in [0.4, 0.5) is 5.69 Å². The average molecular weight is 313 g/mol. The molecule has 1 aromatic carbocycles. The Labute approximate surface area is 127 Å². The molecule has 1 heterocycles. The highest BCUT2D eigenvalue weighted by atomic mass is 35.5. The third-order valence-electron chi connectivity index (χ3n) is 3.33. The van der Waals surface area contributed by atoms with E-state index >= 15 is 0 Å². The number of aliphatic carboxylic acids is 1. The van der Waals surface area contributed by atoms with Gasteiger partial charge in [-0.05, 0) is 30.7 Å². The summed E-state index contributed by atoms with van der Waals surface area (Å²) in [6, 6.07) is 4.39. The van der Waals surface area contributed by atoms with Crippen molar-refractivity contribution in [1.82, 2.24) is 4.90 Å². The Bertz CT molecular complexity index is 550. The van der Waals surface area contributed by atoms with Crippen LogP contribution in [0.1, 0.15) is 5.56 Å². The van der Waals surface area contributed by atoms with Crippen molar-refractivity contribution in [2.24, 2.45) is 0 Å². The lowest BCUT2D eigenvalue weighted by Crippen LogP contribution is -2.52. The number of carbonyl (C=O) groups excluding carboxylic acids is 1. The maximum Gasteiger partial charge on any atom is 0.323 e. The van der Waals surface area contributed by atoms with Gasteiger partial charge in [-0.1, -0.05) is 11.6 Å². The van der Waals surface area contributed by atoms with Crippen LogP contribution >= 0.6 is 11.6 Å². The highest BCUT2D eigenvalue weighted by Crippen LogP contribution is 2.19. The number of morpholine rings is 1. The Morgan fingerprint density at radius 2 is 2.29 bits per heavy atom. The molecule has 0 bridgehead atoms. The molecule has 1 aliphatic heterocycles. The number of halogens is 1. The number of benzene rings is 1. The quantitative estimate of drug-likeness (QED) is 0.878. The van der Waals surface area contributed by atoms with Gasteiger partial charge in [0.2, 0.25) is 5.91 Å². The van der Waals surface area contributed by atoms with Gasteiger partial charge in [-0.2, -0.15) is 0 Å². The van der Waals surface area contributed by atoms with Crippen molar-refractivity contribution < 1.29 is 19.4 Å². The number of aryl methyl sites for hydroxylation is 1. The van der Waals surface area contributed by atoms with E-state index in [1.54, 1.807) is 23.1 Å². The number of nitrogens with one attached hydrogen (secondary N) is 1. The molecule has 1 aromatic rings. The minimum absolute atomic E-state index is 0.0163. The van der Waals surface area contributed by atoms with E-state index in [1.165, 1.54) is 0 Å². The second kappa shape index (κ2) is 6.89. The van der Waals surface area contributed by atoms with Crippen molar-refractivity contribution >= 4 is 29.2 Å². The predicted octanol–water partition coefficient (Wildman–Crippen LogP) is 1.37. The second-order valence-electron chi connectivity index (χ2n) is 4.91. The van der Waals surface area contributed by atoms with Gasteiger partial charge >= 0.3 is 5.97 Å². The minimum Gasteiger partial charge on any atom is -0.480 e. The van der Waals surface area contributed by atoms with Crippen LogP contribution in [0.3, 0.4) is 0 Å². The lowest BCUT2D eigenvalue weighted by molar-refractivity contribution is -0.150. The molecular weight excluding hydrogens is 296 g/mol. The Kier molecular flexibility index (Phi) is 5.17. The van der Waals surface area contributed by atoms with Gasteiger partial charge in [-0.15, -0.1) is 0 Å². The van der Waals surface area contributed by atoms with Crippen LogP contribution < -0.4 is 5.32 Å². The van der Waals surface area contributed by atoms with Crippen molar-refractivity contribution in [1.29, 1.82) is 0 Å². The maximum atomic E-state index is 12.1. The van der Waals surface area contributed by atoms with Crippen molar-refractivity contribution in [3.8, 4) is 0 Å². The molecule has 1 unspecified atom stereocenters.